The largest absolute Gasteiger partial charge is 0.310 e. The molecule has 1 aliphatic carbocycles. The molecular formula is C17H22ClN3. The summed E-state index contributed by atoms with van der Waals surface area (Å²) in [6, 6.07) is 7.22. The van der Waals surface area contributed by atoms with Gasteiger partial charge < -0.3 is 5.32 Å². The molecule has 1 heterocycles. The van der Waals surface area contributed by atoms with Gasteiger partial charge in [-0.1, -0.05) is 17.7 Å². The van der Waals surface area contributed by atoms with E-state index in [9.17, 15) is 0 Å². The first kappa shape index (κ1) is 14.6. The lowest BCUT2D eigenvalue weighted by Gasteiger charge is -2.10. The van der Waals surface area contributed by atoms with Crippen LogP contribution in [0.1, 0.15) is 44.0 Å². The molecule has 1 aliphatic rings. The van der Waals surface area contributed by atoms with E-state index < -0.39 is 0 Å². The van der Waals surface area contributed by atoms with Crippen molar-refractivity contribution >= 4 is 11.6 Å². The van der Waals surface area contributed by atoms with Gasteiger partial charge in [-0.05, 0) is 56.9 Å². The summed E-state index contributed by atoms with van der Waals surface area (Å²) in [5, 5.41) is 8.97. The van der Waals surface area contributed by atoms with Crippen LogP contribution in [0, 0.1) is 6.92 Å². The number of nitrogens with zero attached hydrogens (tertiary/aromatic N) is 2. The fourth-order valence-corrected chi connectivity index (χ4v) is 2.68. The second kappa shape index (κ2) is 5.82. The predicted molar refractivity (Wildman–Crippen MR) is 87.7 cm³/mol. The van der Waals surface area contributed by atoms with Gasteiger partial charge in [0.25, 0.3) is 0 Å². The number of benzene rings is 1. The maximum atomic E-state index is 6.22. The Balaban J connectivity index is 1.96. The van der Waals surface area contributed by atoms with E-state index in [1.807, 2.05) is 10.7 Å². The van der Waals surface area contributed by atoms with Crippen molar-refractivity contribution < 1.29 is 0 Å². The fourth-order valence-electron chi connectivity index (χ4n) is 2.51. The average molecular weight is 304 g/mol. The van der Waals surface area contributed by atoms with Crippen molar-refractivity contribution in [3.63, 3.8) is 0 Å². The molecule has 1 saturated carbocycles. The topological polar surface area (TPSA) is 29.9 Å². The molecule has 0 atom stereocenters. The van der Waals surface area contributed by atoms with Crippen LogP contribution in [-0.2, 0) is 6.54 Å². The maximum absolute atomic E-state index is 6.22. The Bertz CT molecular complexity index is 641. The second-order valence-corrected chi connectivity index (χ2v) is 6.60. The first-order valence-corrected chi connectivity index (χ1v) is 8.00. The van der Waals surface area contributed by atoms with Crippen LogP contribution in [0.25, 0.3) is 11.1 Å². The lowest BCUT2D eigenvalue weighted by molar-refractivity contribution is 0.529. The molecule has 3 rings (SSSR count). The van der Waals surface area contributed by atoms with E-state index in [1.54, 1.807) is 0 Å². The summed E-state index contributed by atoms with van der Waals surface area (Å²) in [6.07, 6.45) is 4.73. The Morgan fingerprint density at radius 3 is 2.71 bits per heavy atom. The summed E-state index contributed by atoms with van der Waals surface area (Å²) < 4.78 is 2.02. The van der Waals surface area contributed by atoms with Gasteiger partial charge in [-0.15, -0.1) is 0 Å². The van der Waals surface area contributed by atoms with Crippen LogP contribution in [0.3, 0.4) is 0 Å². The molecule has 2 aromatic rings. The van der Waals surface area contributed by atoms with Crippen LogP contribution in [0.2, 0.25) is 5.02 Å². The molecule has 0 saturated heterocycles. The van der Waals surface area contributed by atoms with Gasteiger partial charge in [0, 0.05) is 35.4 Å². The Morgan fingerprint density at radius 2 is 2.10 bits per heavy atom. The molecule has 0 unspecified atom stereocenters. The molecule has 1 aromatic carbocycles. The molecule has 0 amide bonds. The van der Waals surface area contributed by atoms with Crippen molar-refractivity contribution in [2.24, 2.45) is 0 Å². The van der Waals surface area contributed by atoms with Crippen molar-refractivity contribution in [3.8, 4) is 11.1 Å². The quantitative estimate of drug-likeness (QED) is 0.890. The third-order valence-electron chi connectivity index (χ3n) is 3.97. The average Bonchev–Trinajstić information content (AvgIpc) is 3.18. The number of hydrogen-bond donors (Lipinski definition) is 1. The van der Waals surface area contributed by atoms with E-state index in [-0.39, 0.29) is 0 Å². The number of rotatable bonds is 5. The van der Waals surface area contributed by atoms with E-state index in [0.717, 1.165) is 17.3 Å². The zero-order valence-electron chi connectivity index (χ0n) is 12.9. The van der Waals surface area contributed by atoms with Crippen molar-refractivity contribution in [2.45, 2.75) is 52.2 Å². The third kappa shape index (κ3) is 3.30. The van der Waals surface area contributed by atoms with E-state index >= 15 is 0 Å². The monoisotopic (exact) mass is 303 g/mol. The lowest BCUT2D eigenvalue weighted by Crippen LogP contribution is -2.15. The normalized spacial score (nSPS) is 14.9. The number of halogens is 1. The number of hydrogen-bond acceptors (Lipinski definition) is 2. The van der Waals surface area contributed by atoms with Gasteiger partial charge in [0.15, 0.2) is 0 Å². The van der Waals surface area contributed by atoms with E-state index in [2.05, 4.69) is 49.5 Å². The van der Waals surface area contributed by atoms with Crippen LogP contribution in [0.15, 0.2) is 24.4 Å². The highest BCUT2D eigenvalue weighted by molar-refractivity contribution is 6.30. The SMILES string of the molecule is Cc1nn(C(C)C)cc1-c1cc(Cl)ccc1CNC1CC1. The summed E-state index contributed by atoms with van der Waals surface area (Å²) in [6.45, 7) is 7.24. The molecule has 1 N–H and O–H groups in total. The highest BCUT2D eigenvalue weighted by atomic mass is 35.5. The zero-order valence-corrected chi connectivity index (χ0v) is 13.6. The highest BCUT2D eigenvalue weighted by Gasteiger charge is 2.21. The van der Waals surface area contributed by atoms with Crippen LogP contribution in [0.5, 0.6) is 0 Å². The first-order chi connectivity index (χ1) is 10.0. The predicted octanol–water partition coefficient (Wildman–Crippen LogP) is 4.34. The summed E-state index contributed by atoms with van der Waals surface area (Å²) in [7, 11) is 0. The van der Waals surface area contributed by atoms with Crippen LogP contribution in [-0.4, -0.2) is 15.8 Å². The minimum atomic E-state index is 0.365. The molecule has 0 radical (unpaired) electrons. The minimum Gasteiger partial charge on any atom is -0.310 e. The van der Waals surface area contributed by atoms with Gasteiger partial charge >= 0.3 is 0 Å². The van der Waals surface area contributed by atoms with E-state index in [4.69, 9.17) is 11.6 Å². The molecular weight excluding hydrogens is 282 g/mol. The molecule has 0 aliphatic heterocycles. The standard InChI is InChI=1S/C17H22ClN3/c1-11(2)21-10-17(12(3)20-21)16-8-14(18)5-4-13(16)9-19-15-6-7-15/h4-5,8,10-11,15,19H,6-7,9H2,1-3H3. The molecule has 21 heavy (non-hydrogen) atoms. The zero-order chi connectivity index (χ0) is 15.0. The van der Waals surface area contributed by atoms with Gasteiger partial charge in [0.1, 0.15) is 0 Å². The molecule has 3 nitrogen and oxygen atoms in total. The Morgan fingerprint density at radius 1 is 1.33 bits per heavy atom. The van der Waals surface area contributed by atoms with E-state index in [0.29, 0.717) is 12.1 Å². The first-order valence-electron chi connectivity index (χ1n) is 7.62. The number of nitrogens with one attached hydrogen (secondary N) is 1. The van der Waals surface area contributed by atoms with Crippen molar-refractivity contribution in [1.82, 2.24) is 15.1 Å². The van der Waals surface area contributed by atoms with Crippen LogP contribution in [0.4, 0.5) is 0 Å². The molecule has 112 valence electrons. The van der Waals surface area contributed by atoms with E-state index in [1.165, 1.54) is 29.5 Å². The molecule has 1 fully saturated rings. The van der Waals surface area contributed by atoms with Crippen LogP contribution < -0.4 is 5.32 Å². The van der Waals surface area contributed by atoms with Gasteiger partial charge in [0.2, 0.25) is 0 Å². The molecule has 0 spiro atoms. The van der Waals surface area contributed by atoms with Gasteiger partial charge in [-0.25, -0.2) is 0 Å². The maximum Gasteiger partial charge on any atom is 0.0672 e. The highest BCUT2D eigenvalue weighted by Crippen LogP contribution is 2.30. The second-order valence-electron chi connectivity index (χ2n) is 6.16. The van der Waals surface area contributed by atoms with Crippen molar-refractivity contribution in [3.05, 3.63) is 40.7 Å². The Hall–Kier alpha value is -1.32. The fraction of sp³-hybridized carbons (Fsp3) is 0.471. The minimum absolute atomic E-state index is 0.365. The van der Waals surface area contributed by atoms with Crippen molar-refractivity contribution in [1.29, 1.82) is 0 Å². The number of aromatic nitrogens is 2. The van der Waals surface area contributed by atoms with Crippen LogP contribution >= 0.6 is 11.6 Å². The number of aryl methyl sites for hydroxylation is 1. The smallest absolute Gasteiger partial charge is 0.0672 e. The third-order valence-corrected chi connectivity index (χ3v) is 4.20. The summed E-state index contributed by atoms with van der Waals surface area (Å²) in [5.74, 6) is 0. The Labute approximate surface area is 131 Å². The Kier molecular flexibility index (Phi) is 4.05. The van der Waals surface area contributed by atoms with Gasteiger partial charge in [0.05, 0.1) is 5.69 Å². The van der Waals surface area contributed by atoms with Gasteiger partial charge in [-0.3, -0.25) is 4.68 Å². The molecule has 1 aromatic heterocycles. The summed E-state index contributed by atoms with van der Waals surface area (Å²) in [4.78, 5) is 0. The lowest BCUT2D eigenvalue weighted by atomic mass is 10.0. The molecule has 0 bridgehead atoms. The summed E-state index contributed by atoms with van der Waals surface area (Å²) in [5.41, 5.74) is 4.72. The van der Waals surface area contributed by atoms with Gasteiger partial charge in [-0.2, -0.15) is 5.10 Å². The van der Waals surface area contributed by atoms with Crippen molar-refractivity contribution in [2.75, 3.05) is 0 Å². The molecule has 4 heteroatoms. The summed E-state index contributed by atoms with van der Waals surface area (Å²) >= 11 is 6.22.